The van der Waals surface area contributed by atoms with Crippen LogP contribution < -0.4 is 10.5 Å². The molecule has 1 atom stereocenters. The van der Waals surface area contributed by atoms with Crippen molar-refractivity contribution >= 4 is 29.3 Å². The van der Waals surface area contributed by atoms with E-state index in [0.29, 0.717) is 41.5 Å². The van der Waals surface area contributed by atoms with Gasteiger partial charge in [0, 0.05) is 42.7 Å². The van der Waals surface area contributed by atoms with E-state index in [4.69, 9.17) is 22.1 Å². The summed E-state index contributed by atoms with van der Waals surface area (Å²) in [6.45, 7) is 1.35. The molecule has 1 fully saturated rings. The number of allylic oxidation sites excluding steroid dienone is 1. The number of dihydropyridines is 1. The lowest BCUT2D eigenvalue weighted by Gasteiger charge is -2.22. The fourth-order valence-corrected chi connectivity index (χ4v) is 3.55. The lowest BCUT2D eigenvalue weighted by atomic mass is 10.1. The summed E-state index contributed by atoms with van der Waals surface area (Å²) in [5.74, 6) is -0.163. The molecule has 0 saturated carbocycles. The van der Waals surface area contributed by atoms with Gasteiger partial charge in [-0.3, -0.25) is 9.79 Å². The van der Waals surface area contributed by atoms with Gasteiger partial charge >= 0.3 is 0 Å². The lowest BCUT2D eigenvalue weighted by molar-refractivity contribution is -0.113. The minimum atomic E-state index is -0.396. The van der Waals surface area contributed by atoms with Crippen molar-refractivity contribution in [3.63, 3.8) is 0 Å². The summed E-state index contributed by atoms with van der Waals surface area (Å²) in [5.41, 5.74) is 7.71. The molecule has 1 aromatic carbocycles. The second kappa shape index (κ2) is 7.59. The number of nitrogens with zero attached hydrogens (tertiary/aromatic N) is 3. The molecule has 2 aromatic rings. The maximum absolute atomic E-state index is 14.2. The number of ketones is 1. The van der Waals surface area contributed by atoms with E-state index in [0.717, 1.165) is 6.42 Å². The topological polar surface area (TPSA) is 80.8 Å². The van der Waals surface area contributed by atoms with Gasteiger partial charge in [0.05, 0.1) is 12.2 Å². The van der Waals surface area contributed by atoms with Crippen LogP contribution in [0, 0.1) is 5.82 Å². The third kappa shape index (κ3) is 3.71. The SMILES string of the molecule is Nc1ccc(-c2ccnc(O[C@@H]3CCN(C4=C(Cl)C(=O)CN=C4)C3)c2)c(F)c1. The van der Waals surface area contributed by atoms with E-state index in [2.05, 4.69) is 9.98 Å². The molecule has 28 heavy (non-hydrogen) atoms. The second-order valence-electron chi connectivity index (χ2n) is 6.69. The van der Waals surface area contributed by atoms with E-state index in [9.17, 15) is 9.18 Å². The van der Waals surface area contributed by atoms with Crippen molar-refractivity contribution in [1.82, 2.24) is 9.88 Å². The van der Waals surface area contributed by atoms with E-state index in [1.807, 2.05) is 4.90 Å². The van der Waals surface area contributed by atoms with Crippen LogP contribution >= 0.6 is 11.6 Å². The van der Waals surface area contributed by atoms with Crippen LogP contribution in [0.25, 0.3) is 11.1 Å². The molecular weight excluding hydrogens is 383 g/mol. The number of anilines is 1. The van der Waals surface area contributed by atoms with Gasteiger partial charge < -0.3 is 15.4 Å². The zero-order valence-corrected chi connectivity index (χ0v) is 15.7. The molecule has 0 aliphatic carbocycles. The summed E-state index contributed by atoms with van der Waals surface area (Å²) in [5, 5.41) is 0.217. The quantitative estimate of drug-likeness (QED) is 0.798. The van der Waals surface area contributed by atoms with Gasteiger partial charge in [0.25, 0.3) is 0 Å². The summed E-state index contributed by atoms with van der Waals surface area (Å²) in [6.07, 6.45) is 3.84. The molecule has 1 saturated heterocycles. The zero-order chi connectivity index (χ0) is 19.7. The molecule has 0 amide bonds. The Kier molecular flexibility index (Phi) is 5.00. The van der Waals surface area contributed by atoms with Crippen LogP contribution in [0.5, 0.6) is 5.88 Å². The second-order valence-corrected chi connectivity index (χ2v) is 7.07. The Bertz CT molecular complexity index is 992. The Hall–Kier alpha value is -2.93. The van der Waals surface area contributed by atoms with Gasteiger partial charge in [-0.15, -0.1) is 0 Å². The number of carbonyl (C=O) groups excluding carboxylic acids is 1. The normalized spacial score (nSPS) is 19.4. The number of nitrogen functional groups attached to an aromatic ring is 1. The van der Waals surface area contributed by atoms with E-state index < -0.39 is 5.82 Å². The number of pyridine rings is 1. The van der Waals surface area contributed by atoms with E-state index in [1.165, 1.54) is 6.07 Å². The zero-order valence-electron chi connectivity index (χ0n) is 14.9. The Labute approximate surface area is 166 Å². The Morgan fingerprint density at radius 2 is 2.14 bits per heavy atom. The summed E-state index contributed by atoms with van der Waals surface area (Å²) in [6, 6.07) is 8.00. The van der Waals surface area contributed by atoms with E-state index in [1.54, 1.807) is 36.7 Å². The van der Waals surface area contributed by atoms with Gasteiger partial charge in [-0.05, 0) is 29.8 Å². The molecule has 8 heteroatoms. The summed E-state index contributed by atoms with van der Waals surface area (Å²) >= 11 is 6.14. The van der Waals surface area contributed by atoms with Crippen LogP contribution in [-0.2, 0) is 4.79 Å². The first-order valence-corrected chi connectivity index (χ1v) is 9.25. The minimum Gasteiger partial charge on any atom is -0.472 e. The molecule has 1 aromatic heterocycles. The minimum absolute atomic E-state index is 0.0918. The highest BCUT2D eigenvalue weighted by molar-refractivity contribution is 6.44. The first-order chi connectivity index (χ1) is 13.5. The summed E-state index contributed by atoms with van der Waals surface area (Å²) in [7, 11) is 0. The van der Waals surface area contributed by atoms with E-state index in [-0.39, 0.29) is 23.5 Å². The van der Waals surface area contributed by atoms with Gasteiger partial charge in [-0.1, -0.05) is 11.6 Å². The van der Waals surface area contributed by atoms with Crippen molar-refractivity contribution in [3.05, 3.63) is 53.1 Å². The first kappa shape index (κ1) is 18.4. The fourth-order valence-electron chi connectivity index (χ4n) is 3.33. The van der Waals surface area contributed by atoms with Gasteiger partial charge in [-0.2, -0.15) is 0 Å². The Balaban J connectivity index is 1.48. The van der Waals surface area contributed by atoms with Gasteiger partial charge in [0.1, 0.15) is 23.5 Å². The molecule has 0 radical (unpaired) electrons. The molecule has 144 valence electrons. The van der Waals surface area contributed by atoms with Crippen molar-refractivity contribution < 1.29 is 13.9 Å². The molecule has 4 rings (SSSR count). The predicted molar refractivity (Wildman–Crippen MR) is 106 cm³/mol. The van der Waals surface area contributed by atoms with Crippen LogP contribution in [0.2, 0.25) is 0 Å². The van der Waals surface area contributed by atoms with Gasteiger partial charge in [-0.25, -0.2) is 9.37 Å². The van der Waals surface area contributed by atoms with Gasteiger partial charge in [0.15, 0.2) is 5.78 Å². The van der Waals surface area contributed by atoms with Crippen molar-refractivity contribution in [2.24, 2.45) is 4.99 Å². The lowest BCUT2D eigenvalue weighted by Crippen LogP contribution is -2.28. The largest absolute Gasteiger partial charge is 0.472 e. The van der Waals surface area contributed by atoms with Crippen LogP contribution in [0.4, 0.5) is 10.1 Å². The highest BCUT2D eigenvalue weighted by atomic mass is 35.5. The number of nitrogens with two attached hydrogens (primary N) is 1. The molecule has 6 nitrogen and oxygen atoms in total. The third-order valence-electron chi connectivity index (χ3n) is 4.73. The number of hydrogen-bond acceptors (Lipinski definition) is 6. The monoisotopic (exact) mass is 400 g/mol. The average molecular weight is 401 g/mol. The molecule has 0 spiro atoms. The summed E-state index contributed by atoms with van der Waals surface area (Å²) in [4.78, 5) is 22.0. The predicted octanol–water partition coefficient (Wildman–Crippen LogP) is 3.03. The summed E-state index contributed by atoms with van der Waals surface area (Å²) < 4.78 is 20.2. The van der Waals surface area contributed by atoms with Crippen molar-refractivity contribution in [2.75, 3.05) is 25.4 Å². The third-order valence-corrected chi connectivity index (χ3v) is 5.13. The number of Topliss-reactive ketones (excluding diaryl/α,β-unsaturated/α-hetero) is 1. The maximum Gasteiger partial charge on any atom is 0.214 e. The number of rotatable bonds is 4. The molecule has 2 aliphatic rings. The van der Waals surface area contributed by atoms with Crippen LogP contribution in [0.3, 0.4) is 0 Å². The number of ether oxygens (including phenoxy) is 1. The van der Waals surface area contributed by atoms with Crippen molar-refractivity contribution in [3.8, 4) is 17.0 Å². The number of aromatic nitrogens is 1. The Morgan fingerprint density at radius 3 is 2.96 bits per heavy atom. The highest BCUT2D eigenvalue weighted by Gasteiger charge is 2.29. The molecule has 0 bridgehead atoms. The van der Waals surface area contributed by atoms with Crippen molar-refractivity contribution in [2.45, 2.75) is 12.5 Å². The smallest absolute Gasteiger partial charge is 0.214 e. The fraction of sp³-hybridized carbons (Fsp3) is 0.250. The molecule has 2 N–H and O–H groups in total. The molecular formula is C20H18ClFN4O2. The first-order valence-electron chi connectivity index (χ1n) is 8.87. The highest BCUT2D eigenvalue weighted by Crippen LogP contribution is 2.28. The molecule has 2 aliphatic heterocycles. The molecule has 0 unspecified atom stereocenters. The van der Waals surface area contributed by atoms with Crippen LogP contribution in [-0.4, -0.2) is 47.6 Å². The molecule has 3 heterocycles. The number of hydrogen-bond donors (Lipinski definition) is 1. The van der Waals surface area contributed by atoms with Crippen LogP contribution in [0.1, 0.15) is 6.42 Å². The standard InChI is InChI=1S/C20H18ClFN4O2/c21-20-17(9-24-10-18(20)27)26-6-4-14(11-26)28-19-7-12(3-5-25-19)15-2-1-13(23)8-16(15)22/h1-3,5,7-9,14H,4,6,10-11,23H2/t14-/m1/s1. The van der Waals surface area contributed by atoms with Crippen molar-refractivity contribution in [1.29, 1.82) is 0 Å². The maximum atomic E-state index is 14.2. The van der Waals surface area contributed by atoms with Crippen LogP contribution in [0.15, 0.2) is 52.3 Å². The number of carbonyl (C=O) groups is 1. The van der Waals surface area contributed by atoms with Gasteiger partial charge in [0.2, 0.25) is 5.88 Å². The Morgan fingerprint density at radius 1 is 1.29 bits per heavy atom. The average Bonchev–Trinajstić information content (AvgIpc) is 3.12. The van der Waals surface area contributed by atoms with E-state index >= 15 is 0 Å². The number of likely N-dealkylation sites (tertiary alicyclic amines) is 1. The number of benzene rings is 1. The number of halogens is 2. The number of aliphatic imine (C=N–C) groups is 1.